The molecule has 1 amide bonds. The smallest absolute Gasteiger partial charge is 0.257 e. The van der Waals surface area contributed by atoms with E-state index < -0.39 is 0 Å². The van der Waals surface area contributed by atoms with Gasteiger partial charge in [-0.2, -0.15) is 0 Å². The van der Waals surface area contributed by atoms with Gasteiger partial charge in [0.25, 0.3) is 5.91 Å². The number of aromatic nitrogens is 1. The summed E-state index contributed by atoms with van der Waals surface area (Å²) in [5, 5.41) is 4.69. The Labute approximate surface area is 169 Å². The molecular weight excluding hydrogens is 372 g/mol. The Morgan fingerprint density at radius 3 is 2.82 bits per heavy atom. The maximum atomic E-state index is 13.1. The van der Waals surface area contributed by atoms with E-state index >= 15 is 0 Å². The lowest BCUT2D eigenvalue weighted by Crippen LogP contribution is -2.51. The fourth-order valence-corrected chi connectivity index (χ4v) is 5.97. The summed E-state index contributed by atoms with van der Waals surface area (Å²) in [7, 11) is 1.62. The molecule has 2 aromatic rings. The van der Waals surface area contributed by atoms with Gasteiger partial charge in [0.05, 0.1) is 24.9 Å². The van der Waals surface area contributed by atoms with Gasteiger partial charge in [-0.15, -0.1) is 0 Å². The first-order chi connectivity index (χ1) is 13.6. The fourth-order valence-electron chi connectivity index (χ4n) is 4.70. The van der Waals surface area contributed by atoms with Crippen LogP contribution in [0.15, 0.2) is 18.2 Å². The number of carbonyl (C=O) groups excluding carboxylic acids is 1. The molecule has 5 rings (SSSR count). The molecule has 2 atom stereocenters. The molecule has 1 aromatic carbocycles. The number of nitrogens with zero attached hydrogens (tertiary/aromatic N) is 3. The highest BCUT2D eigenvalue weighted by Crippen LogP contribution is 2.38. The second-order valence-corrected chi connectivity index (χ2v) is 9.06. The van der Waals surface area contributed by atoms with Crippen molar-refractivity contribution in [3.63, 3.8) is 0 Å². The molecule has 0 spiro atoms. The van der Waals surface area contributed by atoms with Crippen molar-refractivity contribution < 1.29 is 9.53 Å². The van der Waals surface area contributed by atoms with Gasteiger partial charge in [0.15, 0.2) is 5.13 Å². The summed E-state index contributed by atoms with van der Waals surface area (Å²) in [4.78, 5) is 23.8. The van der Waals surface area contributed by atoms with Gasteiger partial charge in [-0.05, 0) is 37.5 Å². The monoisotopic (exact) mass is 398 g/mol. The molecule has 0 saturated carbocycles. The summed E-state index contributed by atoms with van der Waals surface area (Å²) in [5.74, 6) is 0.692. The second-order valence-electron chi connectivity index (χ2n) is 8.00. The van der Waals surface area contributed by atoms with Crippen LogP contribution < -0.4 is 15.0 Å². The van der Waals surface area contributed by atoms with E-state index in [4.69, 9.17) is 9.72 Å². The van der Waals surface area contributed by atoms with Gasteiger partial charge in [-0.1, -0.05) is 17.4 Å². The summed E-state index contributed by atoms with van der Waals surface area (Å²) < 4.78 is 5.45. The van der Waals surface area contributed by atoms with Crippen LogP contribution in [0.4, 0.5) is 5.13 Å². The number of thiazole rings is 1. The van der Waals surface area contributed by atoms with E-state index in [1.165, 1.54) is 23.4 Å². The zero-order valence-corrected chi connectivity index (χ0v) is 17.2. The number of carbonyl (C=O) groups is 1. The average molecular weight is 399 g/mol. The average Bonchev–Trinajstić information content (AvgIpc) is 3.23. The van der Waals surface area contributed by atoms with Crippen molar-refractivity contribution in [2.24, 2.45) is 0 Å². The summed E-state index contributed by atoms with van der Waals surface area (Å²) in [6.07, 6.45) is 3.33. The highest BCUT2D eigenvalue weighted by Gasteiger charge is 2.39. The number of hydrogen-bond donors (Lipinski definition) is 1. The zero-order chi connectivity index (χ0) is 19.3. The number of aryl methyl sites for hydroxylation is 1. The van der Waals surface area contributed by atoms with Crippen LogP contribution in [0.2, 0.25) is 0 Å². The molecule has 3 aliphatic rings. The van der Waals surface area contributed by atoms with Gasteiger partial charge in [0.2, 0.25) is 0 Å². The molecule has 2 unspecified atom stereocenters. The number of nitrogens with one attached hydrogen (secondary N) is 1. The van der Waals surface area contributed by atoms with Crippen LogP contribution in [-0.2, 0) is 13.0 Å². The summed E-state index contributed by atoms with van der Waals surface area (Å²) in [6, 6.07) is 6.91. The van der Waals surface area contributed by atoms with E-state index in [9.17, 15) is 4.79 Å². The minimum absolute atomic E-state index is 0.0414. The summed E-state index contributed by atoms with van der Waals surface area (Å²) in [6.45, 7) is 5.47. The number of anilines is 1. The first kappa shape index (κ1) is 17.9. The molecule has 1 N–H and O–H groups in total. The summed E-state index contributed by atoms with van der Waals surface area (Å²) >= 11 is 1.78. The summed E-state index contributed by atoms with van der Waals surface area (Å²) in [5.41, 5.74) is 2.91. The van der Waals surface area contributed by atoms with E-state index in [2.05, 4.69) is 10.2 Å². The van der Waals surface area contributed by atoms with E-state index in [-0.39, 0.29) is 5.91 Å². The minimum atomic E-state index is 0.0414. The molecular formula is C21H26N4O2S. The standard InChI is InChI=1S/C21H26N4O2S/c1-13-3-6-16(18(9-13)27-2)20(26)24-8-7-17-19(12-24)28-21(23-17)25-14-4-5-15(25)11-22-10-14/h3,6,9,14-15,22H,4-5,7-8,10-12H2,1-2H3. The van der Waals surface area contributed by atoms with Crippen molar-refractivity contribution in [1.29, 1.82) is 0 Å². The maximum absolute atomic E-state index is 13.1. The number of methoxy groups -OCH3 is 1. The molecule has 148 valence electrons. The third kappa shape index (κ3) is 2.97. The van der Waals surface area contributed by atoms with Gasteiger partial charge >= 0.3 is 0 Å². The van der Waals surface area contributed by atoms with Crippen LogP contribution in [0, 0.1) is 6.92 Å². The Kier molecular flexibility index (Phi) is 4.51. The number of piperazine rings is 1. The molecule has 0 radical (unpaired) electrons. The van der Waals surface area contributed by atoms with Crippen LogP contribution in [-0.4, -0.2) is 54.6 Å². The molecule has 28 heavy (non-hydrogen) atoms. The molecule has 2 saturated heterocycles. The first-order valence-corrected chi connectivity index (χ1v) is 10.9. The highest BCUT2D eigenvalue weighted by molar-refractivity contribution is 7.15. The molecule has 2 bridgehead atoms. The van der Waals surface area contributed by atoms with Crippen LogP contribution >= 0.6 is 11.3 Å². The van der Waals surface area contributed by atoms with E-state index in [0.717, 1.165) is 30.2 Å². The Morgan fingerprint density at radius 1 is 1.29 bits per heavy atom. The molecule has 6 nitrogen and oxygen atoms in total. The third-order valence-corrected chi connectivity index (χ3v) is 7.29. The predicted molar refractivity (Wildman–Crippen MR) is 110 cm³/mol. The molecule has 2 fully saturated rings. The third-order valence-electron chi connectivity index (χ3n) is 6.20. The number of fused-ring (bicyclic) bond motifs is 3. The van der Waals surface area contributed by atoms with Gasteiger partial charge in [0, 0.05) is 43.0 Å². The highest BCUT2D eigenvalue weighted by atomic mass is 32.1. The van der Waals surface area contributed by atoms with Crippen LogP contribution in [0.3, 0.4) is 0 Å². The Morgan fingerprint density at radius 2 is 2.07 bits per heavy atom. The minimum Gasteiger partial charge on any atom is -0.496 e. The predicted octanol–water partition coefficient (Wildman–Crippen LogP) is 2.60. The lowest BCUT2D eigenvalue weighted by atomic mass is 10.1. The van der Waals surface area contributed by atoms with Crippen LogP contribution in [0.25, 0.3) is 0 Å². The Balaban J connectivity index is 1.37. The second kappa shape index (κ2) is 7.04. The van der Waals surface area contributed by atoms with E-state index in [0.29, 0.717) is 36.5 Å². The van der Waals surface area contributed by atoms with Gasteiger partial charge in [-0.25, -0.2) is 4.98 Å². The molecule has 1 aromatic heterocycles. The normalized spacial score (nSPS) is 23.6. The molecule has 4 heterocycles. The number of rotatable bonds is 3. The Bertz CT molecular complexity index is 896. The SMILES string of the molecule is COc1cc(C)ccc1C(=O)N1CCc2nc(N3C4CCC3CNC4)sc2C1. The number of benzene rings is 1. The lowest BCUT2D eigenvalue weighted by Gasteiger charge is -2.35. The van der Waals surface area contributed by atoms with E-state index in [1.807, 2.05) is 30.0 Å². The quantitative estimate of drug-likeness (QED) is 0.861. The van der Waals surface area contributed by atoms with Crippen LogP contribution in [0.1, 0.15) is 39.3 Å². The number of ether oxygens (including phenoxy) is 1. The van der Waals surface area contributed by atoms with Crippen molar-refractivity contribution >= 4 is 22.4 Å². The maximum Gasteiger partial charge on any atom is 0.257 e. The van der Waals surface area contributed by atoms with Crippen LogP contribution in [0.5, 0.6) is 5.75 Å². The van der Waals surface area contributed by atoms with Gasteiger partial charge < -0.3 is 19.9 Å². The number of hydrogen-bond acceptors (Lipinski definition) is 6. The molecule has 3 aliphatic heterocycles. The molecule has 0 aliphatic carbocycles. The fraction of sp³-hybridized carbons (Fsp3) is 0.524. The van der Waals surface area contributed by atoms with Crippen molar-refractivity contribution in [3.8, 4) is 5.75 Å². The first-order valence-electron chi connectivity index (χ1n) is 10.1. The Hall–Kier alpha value is -2.12. The zero-order valence-electron chi connectivity index (χ0n) is 16.4. The van der Waals surface area contributed by atoms with Gasteiger partial charge in [0.1, 0.15) is 5.75 Å². The van der Waals surface area contributed by atoms with Gasteiger partial charge in [-0.3, -0.25) is 4.79 Å². The number of amides is 1. The van der Waals surface area contributed by atoms with E-state index in [1.54, 1.807) is 18.4 Å². The van der Waals surface area contributed by atoms with Crippen molar-refractivity contribution in [1.82, 2.24) is 15.2 Å². The van der Waals surface area contributed by atoms with Crippen molar-refractivity contribution in [3.05, 3.63) is 39.9 Å². The van der Waals surface area contributed by atoms with Crippen molar-refractivity contribution in [2.75, 3.05) is 31.6 Å². The van der Waals surface area contributed by atoms with Crippen molar-refractivity contribution in [2.45, 2.75) is 44.8 Å². The topological polar surface area (TPSA) is 57.7 Å². The largest absolute Gasteiger partial charge is 0.496 e. The lowest BCUT2D eigenvalue weighted by molar-refractivity contribution is 0.0733. The molecule has 7 heteroatoms.